The predicted octanol–water partition coefficient (Wildman–Crippen LogP) is 7.06. The summed E-state index contributed by atoms with van der Waals surface area (Å²) in [5, 5.41) is 20.4. The number of hydrogen-bond donors (Lipinski definition) is 2. The van der Waals surface area contributed by atoms with Crippen LogP contribution in [0.5, 0.6) is 5.75 Å². The van der Waals surface area contributed by atoms with E-state index >= 15 is 0 Å². The first-order valence-corrected chi connectivity index (χ1v) is 11.5. The van der Waals surface area contributed by atoms with Crippen LogP contribution in [0.3, 0.4) is 0 Å². The van der Waals surface area contributed by atoms with E-state index < -0.39 is 0 Å². The summed E-state index contributed by atoms with van der Waals surface area (Å²) in [7, 11) is 0. The van der Waals surface area contributed by atoms with Crippen LogP contribution in [0, 0.1) is 0 Å². The standard InChI is InChI=1S/C26H44O3/c1-8-20(27)15-13-11-9-10-12-14-16-23(28)19-17-21(25(2,3)4)24(29)22(18-19)26(5,6)7/h17-18,20,27,29H,8-16H2,1-7H3. The highest BCUT2D eigenvalue weighted by Gasteiger charge is 2.27. The molecule has 1 unspecified atom stereocenters. The third-order valence-corrected chi connectivity index (χ3v) is 5.71. The summed E-state index contributed by atoms with van der Waals surface area (Å²) in [6.45, 7) is 14.4. The van der Waals surface area contributed by atoms with E-state index in [1.807, 2.05) is 19.1 Å². The third-order valence-electron chi connectivity index (χ3n) is 5.71. The Kier molecular flexibility index (Phi) is 9.88. The molecule has 0 saturated carbocycles. The summed E-state index contributed by atoms with van der Waals surface area (Å²) in [6, 6.07) is 3.79. The smallest absolute Gasteiger partial charge is 0.162 e. The van der Waals surface area contributed by atoms with Gasteiger partial charge in [-0.2, -0.15) is 0 Å². The molecule has 0 spiro atoms. The summed E-state index contributed by atoms with van der Waals surface area (Å²) < 4.78 is 0. The van der Waals surface area contributed by atoms with Gasteiger partial charge in [0.15, 0.2) is 5.78 Å². The molecule has 0 aliphatic carbocycles. The maximum absolute atomic E-state index is 12.8. The van der Waals surface area contributed by atoms with Crippen molar-refractivity contribution in [2.45, 2.75) is 123 Å². The van der Waals surface area contributed by atoms with Gasteiger partial charge in [0, 0.05) is 23.1 Å². The van der Waals surface area contributed by atoms with Gasteiger partial charge in [-0.1, -0.05) is 80.6 Å². The van der Waals surface area contributed by atoms with E-state index in [2.05, 4.69) is 41.5 Å². The number of unbranched alkanes of at least 4 members (excludes halogenated alkanes) is 5. The fourth-order valence-corrected chi connectivity index (χ4v) is 3.66. The maximum atomic E-state index is 12.8. The number of benzene rings is 1. The Morgan fingerprint density at radius 2 is 1.31 bits per heavy atom. The highest BCUT2D eigenvalue weighted by molar-refractivity contribution is 5.96. The number of carbonyl (C=O) groups is 1. The van der Waals surface area contributed by atoms with E-state index in [-0.39, 0.29) is 22.7 Å². The summed E-state index contributed by atoms with van der Waals surface area (Å²) in [4.78, 5) is 12.8. The Balaban J connectivity index is 2.64. The number of Topliss-reactive ketones (excluding diaryl/α,β-unsaturated/α-hetero) is 1. The van der Waals surface area contributed by atoms with Crippen molar-refractivity contribution in [2.24, 2.45) is 0 Å². The summed E-state index contributed by atoms with van der Waals surface area (Å²) in [5.41, 5.74) is 1.99. The number of aliphatic hydroxyl groups is 1. The predicted molar refractivity (Wildman–Crippen MR) is 123 cm³/mol. The number of hydrogen-bond acceptors (Lipinski definition) is 3. The minimum Gasteiger partial charge on any atom is -0.507 e. The lowest BCUT2D eigenvalue weighted by Crippen LogP contribution is -2.18. The van der Waals surface area contributed by atoms with Crippen LogP contribution < -0.4 is 0 Å². The minimum absolute atomic E-state index is 0.145. The zero-order valence-electron chi connectivity index (χ0n) is 19.9. The summed E-state index contributed by atoms with van der Waals surface area (Å²) in [6.07, 6.45) is 8.71. The lowest BCUT2D eigenvalue weighted by molar-refractivity contribution is 0.0978. The lowest BCUT2D eigenvalue weighted by Gasteiger charge is -2.28. The first kappa shape index (κ1) is 25.7. The summed E-state index contributed by atoms with van der Waals surface area (Å²) in [5.74, 6) is 0.502. The van der Waals surface area contributed by atoms with Gasteiger partial charge in [0.2, 0.25) is 0 Å². The molecule has 0 heterocycles. The number of aliphatic hydroxyl groups excluding tert-OH is 1. The molecular formula is C26H44O3. The van der Waals surface area contributed by atoms with E-state index in [0.29, 0.717) is 12.2 Å². The Hall–Kier alpha value is -1.35. The first-order valence-electron chi connectivity index (χ1n) is 11.5. The zero-order valence-corrected chi connectivity index (χ0v) is 19.9. The number of phenolic OH excluding ortho intramolecular Hbond substituents is 1. The van der Waals surface area contributed by atoms with E-state index in [0.717, 1.165) is 61.6 Å². The molecule has 2 N–H and O–H groups in total. The van der Waals surface area contributed by atoms with Gasteiger partial charge in [0.1, 0.15) is 5.75 Å². The van der Waals surface area contributed by atoms with Crippen molar-refractivity contribution in [3.63, 3.8) is 0 Å². The van der Waals surface area contributed by atoms with Crippen molar-refractivity contribution in [2.75, 3.05) is 0 Å². The number of carbonyl (C=O) groups excluding carboxylic acids is 1. The van der Waals surface area contributed by atoms with Gasteiger partial charge in [-0.05, 0) is 42.2 Å². The molecule has 0 aromatic heterocycles. The Bertz CT molecular complexity index is 612. The van der Waals surface area contributed by atoms with Gasteiger partial charge in [-0.25, -0.2) is 0 Å². The molecule has 0 fully saturated rings. The third kappa shape index (κ3) is 8.50. The highest BCUT2D eigenvalue weighted by Crippen LogP contribution is 2.40. The van der Waals surface area contributed by atoms with Crippen LogP contribution in [0.25, 0.3) is 0 Å². The second kappa shape index (κ2) is 11.2. The quantitative estimate of drug-likeness (QED) is 0.306. The summed E-state index contributed by atoms with van der Waals surface area (Å²) >= 11 is 0. The second-order valence-corrected chi connectivity index (χ2v) is 10.6. The largest absolute Gasteiger partial charge is 0.507 e. The molecule has 1 aromatic carbocycles. The SMILES string of the molecule is CCC(O)CCCCCCCCC(=O)c1cc(C(C)(C)C)c(O)c(C(C)(C)C)c1. The van der Waals surface area contributed by atoms with Crippen LogP contribution in [0.2, 0.25) is 0 Å². The van der Waals surface area contributed by atoms with Crippen molar-refractivity contribution < 1.29 is 15.0 Å². The van der Waals surface area contributed by atoms with E-state index in [1.165, 1.54) is 6.42 Å². The number of ketones is 1. The van der Waals surface area contributed by atoms with Crippen molar-refractivity contribution in [1.29, 1.82) is 0 Å². The molecule has 0 aliphatic rings. The average Bonchev–Trinajstić information content (AvgIpc) is 2.61. The van der Waals surface area contributed by atoms with Gasteiger partial charge in [-0.3, -0.25) is 4.79 Å². The van der Waals surface area contributed by atoms with Gasteiger partial charge in [-0.15, -0.1) is 0 Å². The fraction of sp³-hybridized carbons (Fsp3) is 0.731. The first-order chi connectivity index (χ1) is 13.4. The van der Waals surface area contributed by atoms with E-state index in [4.69, 9.17) is 0 Å². The van der Waals surface area contributed by atoms with Gasteiger partial charge in [0.05, 0.1) is 6.10 Å². The van der Waals surface area contributed by atoms with Crippen LogP contribution in [0.4, 0.5) is 0 Å². The molecule has 0 bridgehead atoms. The number of rotatable bonds is 11. The Morgan fingerprint density at radius 1 is 0.862 bits per heavy atom. The molecule has 0 saturated heterocycles. The van der Waals surface area contributed by atoms with Crippen LogP contribution in [-0.4, -0.2) is 22.1 Å². The monoisotopic (exact) mass is 404 g/mol. The minimum atomic E-state index is -0.217. The van der Waals surface area contributed by atoms with Crippen LogP contribution in [0.15, 0.2) is 12.1 Å². The lowest BCUT2D eigenvalue weighted by atomic mass is 9.78. The van der Waals surface area contributed by atoms with Crippen molar-refractivity contribution in [1.82, 2.24) is 0 Å². The Labute approximate surface area is 178 Å². The molecule has 3 nitrogen and oxygen atoms in total. The molecule has 3 heteroatoms. The topological polar surface area (TPSA) is 57.5 Å². The highest BCUT2D eigenvalue weighted by atomic mass is 16.3. The molecule has 1 aromatic rings. The van der Waals surface area contributed by atoms with Gasteiger partial charge in [0.25, 0.3) is 0 Å². The average molecular weight is 405 g/mol. The molecule has 0 aliphatic heterocycles. The molecule has 166 valence electrons. The Morgan fingerprint density at radius 3 is 1.76 bits per heavy atom. The van der Waals surface area contributed by atoms with E-state index in [9.17, 15) is 15.0 Å². The van der Waals surface area contributed by atoms with Crippen LogP contribution >= 0.6 is 0 Å². The van der Waals surface area contributed by atoms with Crippen molar-refractivity contribution in [3.05, 3.63) is 28.8 Å². The molecule has 0 radical (unpaired) electrons. The maximum Gasteiger partial charge on any atom is 0.162 e. The molecule has 1 rings (SSSR count). The van der Waals surface area contributed by atoms with E-state index in [1.54, 1.807) is 0 Å². The number of phenols is 1. The van der Waals surface area contributed by atoms with Crippen molar-refractivity contribution >= 4 is 5.78 Å². The molecular weight excluding hydrogens is 360 g/mol. The number of aromatic hydroxyl groups is 1. The van der Waals surface area contributed by atoms with Gasteiger partial charge < -0.3 is 10.2 Å². The molecule has 0 amide bonds. The van der Waals surface area contributed by atoms with Crippen LogP contribution in [0.1, 0.15) is 128 Å². The second-order valence-electron chi connectivity index (χ2n) is 10.6. The fourth-order valence-electron chi connectivity index (χ4n) is 3.66. The molecule has 29 heavy (non-hydrogen) atoms. The molecule has 1 atom stereocenters. The van der Waals surface area contributed by atoms with Gasteiger partial charge >= 0.3 is 0 Å². The van der Waals surface area contributed by atoms with Crippen molar-refractivity contribution in [3.8, 4) is 5.75 Å². The zero-order chi connectivity index (χ0) is 22.2. The normalized spacial score (nSPS) is 13.5. The van der Waals surface area contributed by atoms with Crippen LogP contribution in [-0.2, 0) is 10.8 Å².